The smallest absolute Gasteiger partial charge is 0.303 e. The van der Waals surface area contributed by atoms with Gasteiger partial charge in [-0.15, -0.1) is 0 Å². The van der Waals surface area contributed by atoms with Crippen LogP contribution in [0, 0.1) is 0 Å². The maximum Gasteiger partial charge on any atom is 0.303 e. The maximum atomic E-state index is 10.4. The second-order valence-electron chi connectivity index (χ2n) is 7.62. The standard InChI is InChI=1S/C24H43BrO2/c1-2-3-4-5-6-7-8-9-10-11-12-13-14-15-16-17-20-23(25)21-18-19-22-24(26)27/h15-16,21H,2-14,17-20,22H2,1H3,(H,26,27). The van der Waals surface area contributed by atoms with Crippen molar-refractivity contribution in [2.75, 3.05) is 0 Å². The molecule has 0 saturated heterocycles. The van der Waals surface area contributed by atoms with Crippen molar-refractivity contribution in [2.24, 2.45) is 0 Å². The number of hydrogen-bond donors (Lipinski definition) is 1. The Morgan fingerprint density at radius 3 is 1.78 bits per heavy atom. The number of unbranched alkanes of at least 4 members (excludes halogenated alkanes) is 13. The first-order valence-corrected chi connectivity index (χ1v) is 12.2. The highest BCUT2D eigenvalue weighted by molar-refractivity contribution is 9.11. The van der Waals surface area contributed by atoms with Gasteiger partial charge in [0.25, 0.3) is 0 Å². The van der Waals surface area contributed by atoms with Crippen LogP contribution in [-0.2, 0) is 4.79 Å². The Kier molecular flexibility index (Phi) is 21.3. The molecule has 0 heterocycles. The van der Waals surface area contributed by atoms with Crippen LogP contribution in [0.2, 0.25) is 0 Å². The van der Waals surface area contributed by atoms with Crippen LogP contribution in [-0.4, -0.2) is 11.1 Å². The Bertz CT molecular complexity index is 388. The van der Waals surface area contributed by atoms with Gasteiger partial charge in [-0.25, -0.2) is 0 Å². The number of halogens is 1. The predicted octanol–water partition coefficient (Wildman–Crippen LogP) is 8.95. The van der Waals surface area contributed by atoms with Crippen molar-refractivity contribution in [1.82, 2.24) is 0 Å². The summed E-state index contributed by atoms with van der Waals surface area (Å²) in [5.41, 5.74) is 0. The van der Waals surface area contributed by atoms with Crippen LogP contribution in [0.4, 0.5) is 0 Å². The first-order chi connectivity index (χ1) is 13.2. The van der Waals surface area contributed by atoms with Crippen LogP contribution in [0.15, 0.2) is 22.7 Å². The molecule has 0 saturated carbocycles. The van der Waals surface area contributed by atoms with Crippen LogP contribution in [0.25, 0.3) is 0 Å². The second-order valence-corrected chi connectivity index (χ2v) is 8.64. The lowest BCUT2D eigenvalue weighted by molar-refractivity contribution is -0.137. The maximum absolute atomic E-state index is 10.4. The minimum atomic E-state index is -0.708. The van der Waals surface area contributed by atoms with Gasteiger partial charge in [0.05, 0.1) is 0 Å². The number of rotatable bonds is 20. The molecule has 0 aromatic carbocycles. The zero-order valence-corrected chi connectivity index (χ0v) is 19.3. The fourth-order valence-electron chi connectivity index (χ4n) is 3.17. The molecule has 0 aliphatic heterocycles. The van der Waals surface area contributed by atoms with Gasteiger partial charge in [0.15, 0.2) is 0 Å². The summed E-state index contributed by atoms with van der Waals surface area (Å²) in [6.07, 6.45) is 28.7. The Balaban J connectivity index is 3.28. The largest absolute Gasteiger partial charge is 0.481 e. The van der Waals surface area contributed by atoms with Gasteiger partial charge in [-0.05, 0) is 43.0 Å². The van der Waals surface area contributed by atoms with E-state index in [0.29, 0.717) is 0 Å². The van der Waals surface area contributed by atoms with Gasteiger partial charge in [-0.2, -0.15) is 0 Å². The molecule has 27 heavy (non-hydrogen) atoms. The first kappa shape index (κ1) is 26.4. The molecule has 1 N–H and O–H groups in total. The van der Waals surface area contributed by atoms with Gasteiger partial charge in [-0.3, -0.25) is 4.79 Å². The summed E-state index contributed by atoms with van der Waals surface area (Å²) in [7, 11) is 0. The highest BCUT2D eigenvalue weighted by Gasteiger charge is 1.96. The fraction of sp³-hybridized carbons (Fsp3) is 0.792. The summed E-state index contributed by atoms with van der Waals surface area (Å²) in [5.74, 6) is -0.708. The molecule has 0 bridgehead atoms. The molecule has 0 atom stereocenters. The van der Waals surface area contributed by atoms with Crippen molar-refractivity contribution in [3.8, 4) is 0 Å². The summed E-state index contributed by atoms with van der Waals surface area (Å²) < 4.78 is 1.20. The van der Waals surface area contributed by atoms with E-state index < -0.39 is 5.97 Å². The van der Waals surface area contributed by atoms with E-state index in [2.05, 4.69) is 41.1 Å². The monoisotopic (exact) mass is 442 g/mol. The zero-order chi connectivity index (χ0) is 20.0. The number of carboxylic acids is 1. The van der Waals surface area contributed by atoms with E-state index in [-0.39, 0.29) is 6.42 Å². The minimum Gasteiger partial charge on any atom is -0.481 e. The molecule has 3 heteroatoms. The molecule has 2 nitrogen and oxygen atoms in total. The summed E-state index contributed by atoms with van der Waals surface area (Å²) in [4.78, 5) is 10.4. The molecule has 0 aliphatic carbocycles. The fourth-order valence-corrected chi connectivity index (χ4v) is 3.63. The van der Waals surface area contributed by atoms with E-state index in [1.54, 1.807) is 0 Å². The van der Waals surface area contributed by atoms with E-state index in [1.165, 1.54) is 88.0 Å². The lowest BCUT2D eigenvalue weighted by atomic mass is 10.0. The minimum absolute atomic E-state index is 0.260. The van der Waals surface area contributed by atoms with E-state index in [9.17, 15) is 4.79 Å². The second kappa shape index (κ2) is 21.7. The number of carbonyl (C=O) groups is 1. The van der Waals surface area contributed by atoms with Gasteiger partial charge in [0.2, 0.25) is 0 Å². The Morgan fingerprint density at radius 2 is 1.22 bits per heavy atom. The van der Waals surface area contributed by atoms with E-state index in [0.717, 1.165) is 25.7 Å². The van der Waals surface area contributed by atoms with Crippen molar-refractivity contribution in [3.05, 3.63) is 22.7 Å². The van der Waals surface area contributed by atoms with Gasteiger partial charge in [0, 0.05) is 6.42 Å². The molecule has 0 unspecified atom stereocenters. The number of aliphatic carboxylic acids is 1. The van der Waals surface area contributed by atoms with E-state index in [4.69, 9.17) is 5.11 Å². The average Bonchev–Trinajstić information content (AvgIpc) is 2.64. The zero-order valence-electron chi connectivity index (χ0n) is 17.7. The summed E-state index contributed by atoms with van der Waals surface area (Å²) in [6, 6.07) is 0. The first-order valence-electron chi connectivity index (χ1n) is 11.4. The molecule has 0 aromatic rings. The van der Waals surface area contributed by atoms with Crippen molar-refractivity contribution < 1.29 is 9.90 Å². The van der Waals surface area contributed by atoms with E-state index >= 15 is 0 Å². The summed E-state index contributed by atoms with van der Waals surface area (Å²) in [6.45, 7) is 2.28. The van der Waals surface area contributed by atoms with Crippen molar-refractivity contribution in [3.63, 3.8) is 0 Å². The third kappa shape index (κ3) is 23.4. The molecule has 0 fully saturated rings. The quantitative estimate of drug-likeness (QED) is 0.151. The molecule has 0 spiro atoms. The SMILES string of the molecule is CCCCCCCCCCCCCCC=CCCC(Br)=CCCCC(=O)O. The molecule has 0 rings (SSSR count). The Hall–Kier alpha value is -0.570. The van der Waals surface area contributed by atoms with Gasteiger partial charge >= 0.3 is 5.97 Å². The third-order valence-corrected chi connectivity index (χ3v) is 5.62. The molecule has 0 aromatic heterocycles. The van der Waals surface area contributed by atoms with Gasteiger partial charge < -0.3 is 5.11 Å². The molecular formula is C24H43BrO2. The van der Waals surface area contributed by atoms with Crippen molar-refractivity contribution >= 4 is 21.9 Å². The van der Waals surface area contributed by atoms with Crippen LogP contribution in [0.5, 0.6) is 0 Å². The van der Waals surface area contributed by atoms with E-state index in [1.807, 2.05) is 0 Å². The molecule has 158 valence electrons. The Morgan fingerprint density at radius 1 is 0.704 bits per heavy atom. The van der Waals surface area contributed by atoms with Gasteiger partial charge in [0.1, 0.15) is 0 Å². The lowest BCUT2D eigenvalue weighted by Crippen LogP contribution is -1.92. The van der Waals surface area contributed by atoms with Crippen LogP contribution in [0.1, 0.15) is 122 Å². The third-order valence-electron chi connectivity index (χ3n) is 4.90. The van der Waals surface area contributed by atoms with Crippen LogP contribution >= 0.6 is 15.9 Å². The van der Waals surface area contributed by atoms with Crippen molar-refractivity contribution in [2.45, 2.75) is 122 Å². The highest BCUT2D eigenvalue weighted by Crippen LogP contribution is 2.16. The molecule has 0 aliphatic rings. The number of carboxylic acid groups (broad SMARTS) is 1. The van der Waals surface area contributed by atoms with Crippen LogP contribution < -0.4 is 0 Å². The summed E-state index contributed by atoms with van der Waals surface area (Å²) in [5, 5.41) is 8.60. The molecular weight excluding hydrogens is 400 g/mol. The normalized spacial score (nSPS) is 12.1. The topological polar surface area (TPSA) is 37.3 Å². The van der Waals surface area contributed by atoms with Gasteiger partial charge in [-0.1, -0.05) is 112 Å². The number of hydrogen-bond acceptors (Lipinski definition) is 1. The average molecular weight is 444 g/mol. The lowest BCUT2D eigenvalue weighted by Gasteiger charge is -2.02. The Labute approximate surface area is 177 Å². The van der Waals surface area contributed by atoms with Crippen LogP contribution in [0.3, 0.4) is 0 Å². The summed E-state index contributed by atoms with van der Waals surface area (Å²) >= 11 is 3.57. The molecule has 0 radical (unpaired) electrons. The van der Waals surface area contributed by atoms with Crippen molar-refractivity contribution in [1.29, 1.82) is 0 Å². The predicted molar refractivity (Wildman–Crippen MR) is 123 cm³/mol. The molecule has 0 amide bonds. The number of allylic oxidation sites excluding steroid dienone is 4. The highest BCUT2D eigenvalue weighted by atomic mass is 79.9.